The Morgan fingerprint density at radius 1 is 0.805 bits per heavy atom. The summed E-state index contributed by atoms with van der Waals surface area (Å²) in [6.07, 6.45) is 18.4. The Kier molecular flexibility index (Phi) is 14.7. The maximum atomic E-state index is 12.9. The van der Waals surface area contributed by atoms with Crippen molar-refractivity contribution in [3.8, 4) is 5.75 Å². The lowest BCUT2D eigenvalue weighted by atomic mass is 10.0. The van der Waals surface area contributed by atoms with E-state index in [2.05, 4.69) is 17.5 Å². The van der Waals surface area contributed by atoms with Gasteiger partial charge in [0.25, 0.3) is 0 Å². The van der Waals surface area contributed by atoms with E-state index in [9.17, 15) is 9.59 Å². The SMILES string of the molecule is CCCCCCCCCCCCCCCC(=O)N/N=C\c1c(OC(=O)c2ccc(Cl)cc2Cl)ccc2ccccc12. The Balaban J connectivity index is 1.44. The normalized spacial score (nSPS) is 11.3. The maximum Gasteiger partial charge on any atom is 0.345 e. The van der Waals surface area contributed by atoms with Crippen LogP contribution in [0.1, 0.15) is 113 Å². The van der Waals surface area contributed by atoms with Gasteiger partial charge in [0.2, 0.25) is 5.91 Å². The third kappa shape index (κ3) is 11.5. The predicted octanol–water partition coefficient (Wildman–Crippen LogP) is 10.3. The molecular formula is C34H42Cl2N2O3. The number of carbonyl (C=O) groups excluding carboxylic acids is 2. The van der Waals surface area contributed by atoms with Crippen LogP contribution in [0.2, 0.25) is 10.0 Å². The van der Waals surface area contributed by atoms with Gasteiger partial charge < -0.3 is 4.74 Å². The lowest BCUT2D eigenvalue weighted by molar-refractivity contribution is -0.121. The average molecular weight is 598 g/mol. The average Bonchev–Trinajstić information content (AvgIpc) is 2.96. The van der Waals surface area contributed by atoms with Crippen LogP contribution in [-0.4, -0.2) is 18.1 Å². The van der Waals surface area contributed by atoms with E-state index in [1.165, 1.54) is 82.6 Å². The van der Waals surface area contributed by atoms with Crippen LogP contribution in [0.25, 0.3) is 10.8 Å². The summed E-state index contributed by atoms with van der Waals surface area (Å²) in [4.78, 5) is 25.2. The number of hydrogen-bond donors (Lipinski definition) is 1. The summed E-state index contributed by atoms with van der Waals surface area (Å²) in [5.74, 6) is -0.423. The molecule has 0 spiro atoms. The van der Waals surface area contributed by atoms with E-state index in [0.29, 0.717) is 22.8 Å². The molecule has 0 radical (unpaired) electrons. The van der Waals surface area contributed by atoms with Crippen LogP contribution in [-0.2, 0) is 4.79 Å². The van der Waals surface area contributed by atoms with Crippen LogP contribution >= 0.6 is 23.2 Å². The number of carbonyl (C=O) groups is 2. The molecule has 7 heteroatoms. The van der Waals surface area contributed by atoms with E-state index < -0.39 is 5.97 Å². The van der Waals surface area contributed by atoms with Crippen molar-refractivity contribution in [2.24, 2.45) is 5.10 Å². The standard InChI is InChI=1S/C34H42Cl2N2O3/c1-2-3-4-5-6-7-8-9-10-11-12-13-14-19-33(39)38-37-25-30-28-18-16-15-17-26(28)20-23-32(30)41-34(40)29-22-21-27(35)24-31(29)36/h15-18,20-25H,2-14,19H2,1H3,(H,38,39)/b37-25-. The summed E-state index contributed by atoms with van der Waals surface area (Å²) in [5.41, 5.74) is 3.41. The molecule has 220 valence electrons. The highest BCUT2D eigenvalue weighted by atomic mass is 35.5. The lowest BCUT2D eigenvalue weighted by Crippen LogP contribution is -2.17. The fourth-order valence-corrected chi connectivity index (χ4v) is 5.32. The Bertz CT molecular complexity index is 1290. The van der Waals surface area contributed by atoms with Gasteiger partial charge in [-0.15, -0.1) is 0 Å². The van der Waals surface area contributed by atoms with Crippen LogP contribution in [0.3, 0.4) is 0 Å². The molecule has 3 rings (SSSR count). The van der Waals surface area contributed by atoms with E-state index in [1.807, 2.05) is 30.3 Å². The molecule has 0 heterocycles. The van der Waals surface area contributed by atoms with Gasteiger partial charge in [-0.3, -0.25) is 4.79 Å². The number of benzene rings is 3. The molecule has 1 N–H and O–H groups in total. The number of unbranched alkanes of at least 4 members (excludes halogenated alkanes) is 12. The number of nitrogens with zero attached hydrogens (tertiary/aromatic N) is 1. The van der Waals surface area contributed by atoms with Gasteiger partial charge in [0, 0.05) is 17.0 Å². The summed E-state index contributed by atoms with van der Waals surface area (Å²) in [6, 6.07) is 15.9. The first kappa shape index (κ1) is 32.6. The van der Waals surface area contributed by atoms with E-state index in [0.717, 1.165) is 30.0 Å². The number of rotatable bonds is 18. The van der Waals surface area contributed by atoms with E-state index in [1.54, 1.807) is 12.1 Å². The number of nitrogens with one attached hydrogen (secondary N) is 1. The molecule has 0 aliphatic rings. The first-order valence-electron chi connectivity index (χ1n) is 15.0. The lowest BCUT2D eigenvalue weighted by Gasteiger charge is -2.11. The fraction of sp³-hybridized carbons (Fsp3) is 0.441. The van der Waals surface area contributed by atoms with Crippen LogP contribution < -0.4 is 10.2 Å². The van der Waals surface area contributed by atoms with Gasteiger partial charge in [-0.1, -0.05) is 138 Å². The summed E-state index contributed by atoms with van der Waals surface area (Å²) in [5, 5.41) is 6.62. The zero-order valence-electron chi connectivity index (χ0n) is 24.1. The first-order chi connectivity index (χ1) is 20.0. The van der Waals surface area contributed by atoms with E-state index in [-0.39, 0.29) is 16.5 Å². The van der Waals surface area contributed by atoms with E-state index in [4.69, 9.17) is 27.9 Å². The predicted molar refractivity (Wildman–Crippen MR) is 171 cm³/mol. The summed E-state index contributed by atoms with van der Waals surface area (Å²) in [6.45, 7) is 2.26. The number of hydrogen-bond acceptors (Lipinski definition) is 4. The van der Waals surface area contributed by atoms with Crippen molar-refractivity contribution in [2.75, 3.05) is 0 Å². The van der Waals surface area contributed by atoms with Crippen LogP contribution in [0.15, 0.2) is 59.7 Å². The Morgan fingerprint density at radius 2 is 1.44 bits per heavy atom. The monoisotopic (exact) mass is 596 g/mol. The van der Waals surface area contributed by atoms with Gasteiger partial charge >= 0.3 is 5.97 Å². The van der Waals surface area contributed by atoms with Gasteiger partial charge in [0.15, 0.2) is 0 Å². The molecule has 1 amide bonds. The molecule has 0 saturated carbocycles. The van der Waals surface area contributed by atoms with E-state index >= 15 is 0 Å². The van der Waals surface area contributed by atoms with Crippen molar-refractivity contribution in [1.82, 2.24) is 5.43 Å². The highest BCUT2D eigenvalue weighted by Gasteiger charge is 2.16. The fourth-order valence-electron chi connectivity index (χ4n) is 4.84. The molecule has 0 bridgehead atoms. The van der Waals surface area contributed by atoms with Gasteiger partial charge in [-0.05, 0) is 41.5 Å². The minimum atomic E-state index is -0.608. The third-order valence-corrected chi connectivity index (χ3v) is 7.72. The first-order valence-corrected chi connectivity index (χ1v) is 15.8. The number of ether oxygens (including phenoxy) is 1. The molecule has 0 aromatic heterocycles. The van der Waals surface area contributed by atoms with Crippen LogP contribution in [0.5, 0.6) is 5.75 Å². The third-order valence-electron chi connectivity index (χ3n) is 7.17. The van der Waals surface area contributed by atoms with Crippen molar-refractivity contribution in [3.05, 3.63) is 75.8 Å². The second-order valence-electron chi connectivity index (χ2n) is 10.5. The van der Waals surface area contributed by atoms with Crippen molar-refractivity contribution in [3.63, 3.8) is 0 Å². The minimum Gasteiger partial charge on any atom is -0.422 e. The molecule has 3 aromatic rings. The van der Waals surface area contributed by atoms with Crippen molar-refractivity contribution >= 4 is 52.1 Å². The number of hydrazone groups is 1. The molecule has 0 unspecified atom stereocenters. The van der Waals surface area contributed by atoms with Crippen LogP contribution in [0.4, 0.5) is 0 Å². The maximum absolute atomic E-state index is 12.9. The molecule has 0 atom stereocenters. The number of amides is 1. The minimum absolute atomic E-state index is 0.129. The summed E-state index contributed by atoms with van der Waals surface area (Å²) >= 11 is 12.2. The van der Waals surface area contributed by atoms with Crippen molar-refractivity contribution < 1.29 is 14.3 Å². The molecule has 41 heavy (non-hydrogen) atoms. The van der Waals surface area contributed by atoms with Gasteiger partial charge in [-0.2, -0.15) is 5.10 Å². The van der Waals surface area contributed by atoms with Gasteiger partial charge in [0.05, 0.1) is 16.8 Å². The highest BCUT2D eigenvalue weighted by molar-refractivity contribution is 6.36. The smallest absolute Gasteiger partial charge is 0.345 e. The highest BCUT2D eigenvalue weighted by Crippen LogP contribution is 2.29. The number of fused-ring (bicyclic) bond motifs is 1. The second kappa shape index (κ2) is 18.5. The zero-order chi connectivity index (χ0) is 29.3. The molecule has 3 aromatic carbocycles. The topological polar surface area (TPSA) is 67.8 Å². The summed E-state index contributed by atoms with van der Waals surface area (Å²) < 4.78 is 5.70. The molecule has 0 fully saturated rings. The summed E-state index contributed by atoms with van der Waals surface area (Å²) in [7, 11) is 0. The Morgan fingerprint density at radius 3 is 2.10 bits per heavy atom. The number of halogens is 2. The quantitative estimate of drug-likeness (QED) is 0.0522. The van der Waals surface area contributed by atoms with Crippen LogP contribution in [0, 0.1) is 0 Å². The zero-order valence-corrected chi connectivity index (χ0v) is 25.6. The Hall–Kier alpha value is -2.89. The molecule has 0 aliphatic heterocycles. The number of esters is 1. The second-order valence-corrected chi connectivity index (χ2v) is 11.3. The Labute approximate surface area is 254 Å². The largest absolute Gasteiger partial charge is 0.422 e. The van der Waals surface area contributed by atoms with Gasteiger partial charge in [-0.25, -0.2) is 10.2 Å². The van der Waals surface area contributed by atoms with Crippen molar-refractivity contribution in [1.29, 1.82) is 0 Å². The van der Waals surface area contributed by atoms with Crippen molar-refractivity contribution in [2.45, 2.75) is 96.8 Å². The molecule has 0 aliphatic carbocycles. The molecular weight excluding hydrogens is 555 g/mol. The molecule has 5 nitrogen and oxygen atoms in total. The molecule has 0 saturated heterocycles. The van der Waals surface area contributed by atoms with Gasteiger partial charge in [0.1, 0.15) is 5.75 Å².